The summed E-state index contributed by atoms with van der Waals surface area (Å²) in [7, 11) is 0. The molecule has 14 heteroatoms. The molecule has 0 spiro atoms. The van der Waals surface area contributed by atoms with Crippen LogP contribution < -0.4 is 10.1 Å². The zero-order chi connectivity index (χ0) is 36.0. The third kappa shape index (κ3) is 12.3. The molecule has 2 heterocycles. The number of alkyl halides is 2. The molecular weight excluding hydrogens is 650 g/mol. The van der Waals surface area contributed by atoms with E-state index >= 15 is 8.78 Å². The van der Waals surface area contributed by atoms with Gasteiger partial charge in [-0.1, -0.05) is 66.6 Å². The van der Waals surface area contributed by atoms with Gasteiger partial charge in [-0.2, -0.15) is 14.0 Å². The molecule has 1 aromatic heterocycles. The van der Waals surface area contributed by atoms with Gasteiger partial charge in [0.1, 0.15) is 5.75 Å². The molecule has 2 aromatic carbocycles. The van der Waals surface area contributed by atoms with Gasteiger partial charge in [0.05, 0.1) is 18.1 Å². The number of hydrogen-bond acceptors (Lipinski definition) is 9. The molecule has 0 saturated carbocycles. The van der Waals surface area contributed by atoms with Crippen LogP contribution in [0.4, 0.5) is 13.6 Å². The molecular formula is C36H46F2N6O6. The first-order valence-electron chi connectivity index (χ1n) is 17.0. The fourth-order valence-corrected chi connectivity index (χ4v) is 5.62. The van der Waals surface area contributed by atoms with E-state index in [1.807, 2.05) is 0 Å². The second-order valence-corrected chi connectivity index (χ2v) is 13.0. The number of carbonyl (C=O) groups is 3. The number of ether oxygens (including phenoxy) is 2. The summed E-state index contributed by atoms with van der Waals surface area (Å²) in [6, 6.07) is 12.9. The van der Waals surface area contributed by atoms with Gasteiger partial charge >= 0.3 is 18.0 Å². The molecule has 12 nitrogen and oxygen atoms in total. The Morgan fingerprint density at radius 3 is 2.52 bits per heavy atom. The first-order chi connectivity index (χ1) is 23.9. The number of rotatable bonds is 19. The highest BCUT2D eigenvalue weighted by molar-refractivity contribution is 5.79. The number of tetrazole rings is 1. The fraction of sp³-hybridized carbons (Fsp3) is 0.500. The zero-order valence-corrected chi connectivity index (χ0v) is 28.5. The van der Waals surface area contributed by atoms with E-state index in [-0.39, 0.29) is 29.7 Å². The van der Waals surface area contributed by atoms with E-state index in [1.165, 1.54) is 42.5 Å². The number of esters is 1. The van der Waals surface area contributed by atoms with E-state index in [1.54, 1.807) is 43.0 Å². The van der Waals surface area contributed by atoms with E-state index in [4.69, 9.17) is 9.47 Å². The Labute approximate surface area is 290 Å². The lowest BCUT2D eigenvalue weighted by Crippen LogP contribution is -2.36. The van der Waals surface area contributed by atoms with Gasteiger partial charge in [-0.15, -0.1) is 10.2 Å². The Hall–Kier alpha value is -4.72. The third-order valence-corrected chi connectivity index (χ3v) is 8.31. The van der Waals surface area contributed by atoms with E-state index in [0.29, 0.717) is 56.6 Å². The van der Waals surface area contributed by atoms with Crippen molar-refractivity contribution in [2.45, 2.75) is 102 Å². The van der Waals surface area contributed by atoms with Gasteiger partial charge < -0.3 is 24.8 Å². The van der Waals surface area contributed by atoms with Crippen molar-refractivity contribution in [1.82, 2.24) is 30.8 Å². The van der Waals surface area contributed by atoms with E-state index < -0.39 is 29.7 Å². The largest absolute Gasteiger partial charge is 0.451 e. The van der Waals surface area contributed by atoms with Crippen LogP contribution in [-0.4, -0.2) is 79.4 Å². The molecule has 1 aliphatic rings. The average molecular weight is 697 g/mol. The summed E-state index contributed by atoms with van der Waals surface area (Å²) >= 11 is 0. The van der Waals surface area contributed by atoms with Gasteiger partial charge in [0.15, 0.2) is 11.9 Å². The highest BCUT2D eigenvalue weighted by Gasteiger charge is 2.43. The zero-order valence-electron chi connectivity index (χ0n) is 28.5. The first-order valence-corrected chi connectivity index (χ1v) is 17.0. The number of likely N-dealkylation sites (tertiary alicyclic amines) is 1. The highest BCUT2D eigenvalue weighted by Crippen LogP contribution is 2.35. The number of H-pyrrole nitrogens is 1. The monoisotopic (exact) mass is 696 g/mol. The third-order valence-electron chi connectivity index (χ3n) is 8.31. The van der Waals surface area contributed by atoms with Crippen LogP contribution in [0.3, 0.4) is 0 Å². The number of unbranched alkanes of at least 4 members (excludes halogenated alkanes) is 3. The van der Waals surface area contributed by atoms with Crippen molar-refractivity contribution in [3.63, 3.8) is 0 Å². The predicted octanol–water partition coefficient (Wildman–Crippen LogP) is 5.44. The maximum absolute atomic E-state index is 15.8. The molecule has 0 aliphatic carbocycles. The lowest BCUT2D eigenvalue weighted by atomic mass is 10.0. The van der Waals surface area contributed by atoms with Crippen molar-refractivity contribution in [3.05, 3.63) is 83.7 Å². The van der Waals surface area contributed by atoms with Gasteiger partial charge in [-0.25, -0.2) is 4.79 Å². The Kier molecular flexibility index (Phi) is 14.0. The van der Waals surface area contributed by atoms with Crippen molar-refractivity contribution >= 4 is 18.0 Å². The highest BCUT2D eigenvalue weighted by atomic mass is 19.3. The Morgan fingerprint density at radius 2 is 1.82 bits per heavy atom. The Morgan fingerprint density at radius 1 is 1.08 bits per heavy atom. The van der Waals surface area contributed by atoms with Crippen LogP contribution in [0.5, 0.6) is 5.75 Å². The summed E-state index contributed by atoms with van der Waals surface area (Å²) in [4.78, 5) is 39.5. The van der Waals surface area contributed by atoms with Crippen LogP contribution in [0.25, 0.3) is 0 Å². The van der Waals surface area contributed by atoms with Crippen molar-refractivity contribution in [2.24, 2.45) is 0 Å². The van der Waals surface area contributed by atoms with Crippen LogP contribution in [0.15, 0.2) is 66.7 Å². The molecule has 1 aliphatic heterocycles. The number of halogens is 2. The number of aryl methyl sites for hydroxylation is 1. The molecule has 1 fully saturated rings. The van der Waals surface area contributed by atoms with E-state index in [2.05, 4.69) is 25.9 Å². The van der Waals surface area contributed by atoms with Crippen molar-refractivity contribution in [1.29, 1.82) is 0 Å². The number of aromatic amines is 1. The van der Waals surface area contributed by atoms with Gasteiger partial charge in [0, 0.05) is 31.5 Å². The molecule has 50 heavy (non-hydrogen) atoms. The van der Waals surface area contributed by atoms with Crippen LogP contribution in [-0.2, 0) is 33.1 Å². The quantitative estimate of drug-likeness (QED) is 0.0843. The molecule has 0 bridgehead atoms. The van der Waals surface area contributed by atoms with E-state index in [9.17, 15) is 19.5 Å². The van der Waals surface area contributed by atoms with Crippen molar-refractivity contribution < 1.29 is 37.7 Å². The number of hydrogen-bond donors (Lipinski definition) is 3. The Balaban J connectivity index is 1.33. The van der Waals surface area contributed by atoms with Gasteiger partial charge in [-0.3, -0.25) is 9.59 Å². The molecule has 1 saturated heterocycles. The van der Waals surface area contributed by atoms with Crippen LogP contribution >= 0.6 is 0 Å². The standard InChI is InChI=1S/C36H46F2N6O6/c1-35(2,48)22-10-23-39-34(47)49-29-18-14-26(15-19-29)25-33(46)50-30(36(37,38)27-11-6-5-7-12-27)20-16-28-17-21-32(45)44(28)24-9-4-3-8-13-31-40-42-43-41-31/h5-7,11-12,14-16,18-20,28,30,48H,3-4,8-10,13,17,21-25H2,1-2H3,(H,39,47)(H,40,41,42,43)/b20-16+/t28-,30+/m0/s1. The minimum absolute atomic E-state index is 0.0366. The van der Waals surface area contributed by atoms with Crippen LogP contribution in [0.2, 0.25) is 0 Å². The summed E-state index contributed by atoms with van der Waals surface area (Å²) < 4.78 is 42.3. The topological polar surface area (TPSA) is 160 Å². The molecule has 0 unspecified atom stereocenters. The average Bonchev–Trinajstić information content (AvgIpc) is 3.73. The molecule has 3 N–H and O–H groups in total. The lowest BCUT2D eigenvalue weighted by Gasteiger charge is -2.27. The molecule has 0 radical (unpaired) electrons. The van der Waals surface area contributed by atoms with Crippen molar-refractivity contribution in [2.75, 3.05) is 13.1 Å². The molecule has 2 amide bonds. The molecule has 3 aromatic rings. The number of carbonyl (C=O) groups excluding carboxylic acids is 3. The van der Waals surface area contributed by atoms with Crippen LogP contribution in [0.1, 0.15) is 82.2 Å². The normalized spacial score (nSPS) is 15.7. The SMILES string of the molecule is CC(C)(O)CCCNC(=O)Oc1ccc(CC(=O)O[C@H](/C=C/[C@H]2CCC(=O)N2CCCCCCc2nn[nH]n2)C(F)(F)c2ccccc2)cc1. The predicted molar refractivity (Wildman–Crippen MR) is 180 cm³/mol. The fourth-order valence-electron chi connectivity index (χ4n) is 5.62. The summed E-state index contributed by atoms with van der Waals surface area (Å²) in [6.07, 6.45) is 5.94. The summed E-state index contributed by atoms with van der Waals surface area (Å²) in [5.41, 5.74) is -0.654. The molecule has 270 valence electrons. The Bertz CT molecular complexity index is 1530. The first kappa shape index (κ1) is 38.1. The maximum Gasteiger partial charge on any atom is 0.412 e. The smallest absolute Gasteiger partial charge is 0.412 e. The number of amides is 2. The summed E-state index contributed by atoms with van der Waals surface area (Å²) in [5, 5.41) is 26.2. The minimum atomic E-state index is -3.54. The minimum Gasteiger partial charge on any atom is -0.451 e. The molecule has 4 rings (SSSR count). The second-order valence-electron chi connectivity index (χ2n) is 13.0. The van der Waals surface area contributed by atoms with E-state index in [0.717, 1.165) is 25.7 Å². The van der Waals surface area contributed by atoms with Gasteiger partial charge in [0.25, 0.3) is 0 Å². The van der Waals surface area contributed by atoms with Gasteiger partial charge in [-0.05, 0) is 69.7 Å². The number of nitrogens with zero attached hydrogens (tertiary/aromatic N) is 4. The second kappa shape index (κ2) is 18.3. The number of nitrogens with one attached hydrogen (secondary N) is 2. The number of aromatic nitrogens is 4. The molecule has 2 atom stereocenters. The number of aliphatic hydroxyl groups is 1. The summed E-state index contributed by atoms with van der Waals surface area (Å²) in [6.45, 7) is 4.21. The van der Waals surface area contributed by atoms with Crippen LogP contribution in [0, 0.1) is 0 Å². The number of benzene rings is 2. The van der Waals surface area contributed by atoms with Crippen molar-refractivity contribution in [3.8, 4) is 5.75 Å². The van der Waals surface area contributed by atoms with Gasteiger partial charge in [0.2, 0.25) is 5.91 Å². The maximum atomic E-state index is 15.8. The lowest BCUT2D eigenvalue weighted by molar-refractivity contribution is -0.167. The summed E-state index contributed by atoms with van der Waals surface area (Å²) in [5.74, 6) is -3.55.